The summed E-state index contributed by atoms with van der Waals surface area (Å²) < 4.78 is 76.3. The number of carbonyl (C=O) groups is 2. The van der Waals surface area contributed by atoms with Gasteiger partial charge < -0.3 is 19.5 Å². The maximum Gasteiger partial charge on any atom is 0.328 e. The van der Waals surface area contributed by atoms with Crippen molar-refractivity contribution in [1.82, 2.24) is 25.1 Å². The second-order valence-corrected chi connectivity index (χ2v) is 12.9. The first-order valence-corrected chi connectivity index (χ1v) is 17.0. The highest BCUT2D eigenvalue weighted by atomic mass is 32.2. The summed E-state index contributed by atoms with van der Waals surface area (Å²) in [6.07, 6.45) is 5.80. The molecule has 2 heterocycles. The maximum atomic E-state index is 15.4. The summed E-state index contributed by atoms with van der Waals surface area (Å²) in [5.74, 6) is -3.76. The molecule has 6 rings (SSSR count). The summed E-state index contributed by atoms with van der Waals surface area (Å²) in [7, 11) is -0.0938. The molecule has 0 unspecified atom stereocenters. The number of hydrogen-bond donors (Lipinski definition) is 2. The van der Waals surface area contributed by atoms with Crippen LogP contribution in [0.2, 0.25) is 0 Å². The number of rotatable bonds is 12. The van der Waals surface area contributed by atoms with Crippen molar-refractivity contribution in [3.8, 4) is 28.3 Å². The van der Waals surface area contributed by atoms with Gasteiger partial charge in [-0.3, -0.25) is 14.5 Å². The van der Waals surface area contributed by atoms with Gasteiger partial charge >= 0.3 is 5.97 Å². The average Bonchev–Trinajstić information content (AvgIpc) is 3.69. The molecule has 0 radical (unpaired) electrons. The monoisotopic (exact) mass is 728 g/mol. The van der Waals surface area contributed by atoms with Crippen molar-refractivity contribution in [2.75, 3.05) is 26.1 Å². The lowest BCUT2D eigenvalue weighted by atomic mass is 9.92. The molecule has 2 aromatic heterocycles. The van der Waals surface area contributed by atoms with Crippen LogP contribution >= 0.6 is 0 Å². The minimum Gasteiger partial charge on any atom is -0.496 e. The van der Waals surface area contributed by atoms with Gasteiger partial charge in [0.05, 0.1) is 43.2 Å². The minimum absolute atomic E-state index is 0.138. The van der Waals surface area contributed by atoms with Crippen LogP contribution in [0.1, 0.15) is 15.9 Å². The van der Waals surface area contributed by atoms with Crippen LogP contribution in [-0.2, 0) is 26.0 Å². The van der Waals surface area contributed by atoms with Crippen molar-refractivity contribution in [1.29, 1.82) is 0 Å². The minimum atomic E-state index is -4.29. The smallest absolute Gasteiger partial charge is 0.328 e. The second-order valence-electron chi connectivity index (χ2n) is 11.2. The van der Waals surface area contributed by atoms with Crippen LogP contribution in [0.4, 0.5) is 14.5 Å². The molecule has 1 amide bonds. The molecule has 0 bridgehead atoms. The third-order valence-electron chi connectivity index (χ3n) is 8.17. The van der Waals surface area contributed by atoms with Gasteiger partial charge in [0.2, 0.25) is 0 Å². The topological polar surface area (TPSA) is 164 Å². The van der Waals surface area contributed by atoms with E-state index < -0.39 is 50.8 Å². The Kier molecular flexibility index (Phi) is 10.1. The number of halogens is 2. The van der Waals surface area contributed by atoms with Crippen molar-refractivity contribution < 1.29 is 41.0 Å². The number of nitrogens with one attached hydrogen (secondary N) is 2. The highest BCUT2D eigenvalue weighted by Gasteiger charge is 2.28. The van der Waals surface area contributed by atoms with Crippen LogP contribution in [0, 0.1) is 11.6 Å². The fourth-order valence-corrected chi connectivity index (χ4v) is 6.77. The first-order chi connectivity index (χ1) is 25.0. The third-order valence-corrected chi connectivity index (χ3v) is 9.57. The molecule has 266 valence electrons. The van der Waals surface area contributed by atoms with Crippen LogP contribution in [-0.4, -0.2) is 67.4 Å². The summed E-state index contributed by atoms with van der Waals surface area (Å²) in [6, 6.07) is 16.1. The first kappa shape index (κ1) is 35.4. The molecule has 0 fully saturated rings. The van der Waals surface area contributed by atoms with Gasteiger partial charge in [-0.15, -0.1) is 0 Å². The van der Waals surface area contributed by atoms with E-state index in [1.54, 1.807) is 63.0 Å². The molecule has 13 nitrogen and oxygen atoms in total. The lowest BCUT2D eigenvalue weighted by Crippen LogP contribution is -2.43. The number of esters is 1. The highest BCUT2D eigenvalue weighted by molar-refractivity contribution is 7.92. The standard InChI is InChI=1S/C36H30F2N6O7S/c1-49-31-5-4-6-32(50-2)33(31)26-12-7-21(27-18-39-14-13-25(26)27)15-30(36(46)51-3)42-35(45)34-28(37)16-22(17-29(34)38)43-52(47,48)24-10-8-23(9-11-24)44-20-40-19-41-44/h4-14,16-20,30,43H,15H2,1-3H3,(H,42,45)/t30-/m0/s1. The number of hydrogen-bond acceptors (Lipinski definition) is 10. The highest BCUT2D eigenvalue weighted by Crippen LogP contribution is 2.42. The normalized spacial score (nSPS) is 11.9. The Bertz CT molecular complexity index is 2350. The van der Waals surface area contributed by atoms with E-state index in [2.05, 4.69) is 25.1 Å². The van der Waals surface area contributed by atoms with E-state index in [1.165, 1.54) is 41.6 Å². The molecule has 6 aromatic rings. The molecule has 16 heteroatoms. The Balaban J connectivity index is 1.25. The van der Waals surface area contributed by atoms with Crippen LogP contribution in [0.25, 0.3) is 27.6 Å². The number of benzene rings is 4. The fraction of sp³-hybridized carbons (Fsp3) is 0.139. The molecular weight excluding hydrogens is 698 g/mol. The van der Waals surface area contributed by atoms with E-state index in [0.29, 0.717) is 45.8 Å². The Morgan fingerprint density at radius 3 is 2.19 bits per heavy atom. The number of aromatic nitrogens is 4. The molecule has 2 N–H and O–H groups in total. The Labute approximate surface area is 296 Å². The molecule has 0 saturated carbocycles. The van der Waals surface area contributed by atoms with Crippen LogP contribution in [0.3, 0.4) is 0 Å². The molecule has 0 aliphatic heterocycles. The molecule has 1 atom stereocenters. The van der Waals surface area contributed by atoms with Crippen LogP contribution in [0.5, 0.6) is 11.5 Å². The summed E-state index contributed by atoms with van der Waals surface area (Å²) in [5.41, 5.74) is 1.03. The van der Waals surface area contributed by atoms with Gasteiger partial charge in [0, 0.05) is 24.2 Å². The molecule has 0 spiro atoms. The molecule has 0 saturated heterocycles. The lowest BCUT2D eigenvalue weighted by Gasteiger charge is -2.20. The number of amides is 1. The van der Waals surface area contributed by atoms with Crippen molar-refractivity contribution in [3.05, 3.63) is 121 Å². The molecule has 0 aliphatic carbocycles. The van der Waals surface area contributed by atoms with Crippen LogP contribution in [0.15, 0.2) is 103 Å². The van der Waals surface area contributed by atoms with Gasteiger partial charge in [-0.1, -0.05) is 18.2 Å². The van der Waals surface area contributed by atoms with E-state index in [-0.39, 0.29) is 11.3 Å². The van der Waals surface area contributed by atoms with Gasteiger partial charge in [0.1, 0.15) is 47.4 Å². The number of methoxy groups -OCH3 is 3. The predicted molar refractivity (Wildman–Crippen MR) is 186 cm³/mol. The summed E-state index contributed by atoms with van der Waals surface area (Å²) in [4.78, 5) is 34.1. The average molecular weight is 729 g/mol. The first-order valence-electron chi connectivity index (χ1n) is 15.5. The number of nitrogens with zero attached hydrogens (tertiary/aromatic N) is 4. The van der Waals surface area contributed by atoms with Gasteiger partial charge in [-0.05, 0) is 71.1 Å². The number of fused-ring (bicyclic) bond motifs is 1. The van der Waals surface area contributed by atoms with Crippen molar-refractivity contribution >= 4 is 38.4 Å². The number of anilines is 1. The zero-order chi connectivity index (χ0) is 37.0. The number of pyridine rings is 1. The lowest BCUT2D eigenvalue weighted by molar-refractivity contribution is -0.142. The van der Waals surface area contributed by atoms with Gasteiger partial charge in [0.25, 0.3) is 15.9 Å². The van der Waals surface area contributed by atoms with Crippen molar-refractivity contribution in [2.45, 2.75) is 17.4 Å². The van der Waals surface area contributed by atoms with Gasteiger partial charge in [0.15, 0.2) is 0 Å². The summed E-state index contributed by atoms with van der Waals surface area (Å²) >= 11 is 0. The van der Waals surface area contributed by atoms with Crippen LogP contribution < -0.4 is 19.5 Å². The Morgan fingerprint density at radius 1 is 0.885 bits per heavy atom. The summed E-state index contributed by atoms with van der Waals surface area (Å²) in [6.45, 7) is 0. The molecule has 52 heavy (non-hydrogen) atoms. The second kappa shape index (κ2) is 14.8. The van der Waals surface area contributed by atoms with Crippen molar-refractivity contribution in [3.63, 3.8) is 0 Å². The van der Waals surface area contributed by atoms with E-state index in [9.17, 15) is 18.0 Å². The molecule has 0 aliphatic rings. The van der Waals surface area contributed by atoms with E-state index in [4.69, 9.17) is 14.2 Å². The predicted octanol–water partition coefficient (Wildman–Crippen LogP) is 5.09. The maximum absolute atomic E-state index is 15.4. The van der Waals surface area contributed by atoms with E-state index in [1.807, 2.05) is 0 Å². The SMILES string of the molecule is COC(=O)[C@H](Cc1ccc(-c2c(OC)cccc2OC)c2ccncc12)NC(=O)c1c(F)cc(NS(=O)(=O)c2ccc(-n3cncn3)cc2)cc1F. The molecule has 4 aromatic carbocycles. The van der Waals surface area contributed by atoms with E-state index in [0.717, 1.165) is 18.1 Å². The fourth-order valence-electron chi connectivity index (χ4n) is 5.73. The quantitative estimate of drug-likeness (QED) is 0.162. The number of carbonyl (C=O) groups excluding carboxylic acids is 2. The Hall–Kier alpha value is -6.42. The van der Waals surface area contributed by atoms with E-state index >= 15 is 8.78 Å². The zero-order valence-electron chi connectivity index (χ0n) is 27.8. The largest absolute Gasteiger partial charge is 0.496 e. The summed E-state index contributed by atoms with van der Waals surface area (Å²) in [5, 5.41) is 7.69. The zero-order valence-corrected chi connectivity index (χ0v) is 28.6. The van der Waals surface area contributed by atoms with Gasteiger partial charge in [-0.25, -0.2) is 31.7 Å². The number of sulfonamides is 1. The number of ether oxygens (including phenoxy) is 3. The van der Waals surface area contributed by atoms with Crippen molar-refractivity contribution in [2.24, 2.45) is 0 Å². The molecular formula is C36H30F2N6O7S. The third kappa shape index (κ3) is 7.09. The Morgan fingerprint density at radius 2 is 1.58 bits per heavy atom. The van der Waals surface area contributed by atoms with Gasteiger partial charge in [-0.2, -0.15) is 5.10 Å².